The van der Waals surface area contributed by atoms with Crippen LogP contribution in [0.15, 0.2) is 42.5 Å². The van der Waals surface area contributed by atoms with Gasteiger partial charge in [0, 0.05) is 28.2 Å². The maximum absolute atomic E-state index is 14.2. The molecule has 156 valence electrons. The molecule has 0 spiro atoms. The minimum atomic E-state index is -0.765. The minimum absolute atomic E-state index is 0.0248. The molecule has 4 nitrogen and oxygen atoms in total. The minimum Gasteiger partial charge on any atom is -0.352 e. The van der Waals surface area contributed by atoms with Gasteiger partial charge in [0.1, 0.15) is 11.9 Å². The summed E-state index contributed by atoms with van der Waals surface area (Å²) in [6, 6.07) is 10.6. The summed E-state index contributed by atoms with van der Waals surface area (Å²) >= 11 is 12.3. The van der Waals surface area contributed by atoms with Crippen molar-refractivity contribution in [1.29, 1.82) is 0 Å². The number of carbonyl (C=O) groups excluding carboxylic acids is 2. The summed E-state index contributed by atoms with van der Waals surface area (Å²) in [4.78, 5) is 27.2. The van der Waals surface area contributed by atoms with Crippen LogP contribution in [0.4, 0.5) is 4.39 Å². The molecular formula is C22H25Cl2FN2O2. The van der Waals surface area contributed by atoms with Crippen molar-refractivity contribution in [1.82, 2.24) is 10.2 Å². The molecule has 29 heavy (non-hydrogen) atoms. The number of nitrogens with zero attached hydrogens (tertiary/aromatic N) is 1. The van der Waals surface area contributed by atoms with E-state index < -0.39 is 17.8 Å². The Morgan fingerprint density at radius 1 is 1.07 bits per heavy atom. The standard InChI is InChI=1S/C22H25Cl2FN2O2/c1-4-14(2)26-22(29)15(3)27(13-16-8-5-6-9-18(16)23)21(28)12-17-19(24)10-7-11-20(17)25/h5-11,14-15H,4,12-13H2,1-3H3,(H,26,29). The summed E-state index contributed by atoms with van der Waals surface area (Å²) in [6.45, 7) is 5.63. The molecule has 0 saturated heterocycles. The molecule has 0 aliphatic carbocycles. The van der Waals surface area contributed by atoms with Gasteiger partial charge in [-0.25, -0.2) is 4.39 Å². The highest BCUT2D eigenvalue weighted by Gasteiger charge is 2.28. The lowest BCUT2D eigenvalue weighted by atomic mass is 10.1. The molecule has 2 rings (SSSR count). The third-order valence-corrected chi connectivity index (χ3v) is 5.58. The van der Waals surface area contributed by atoms with Crippen molar-refractivity contribution < 1.29 is 14.0 Å². The molecule has 2 amide bonds. The number of rotatable bonds is 8. The summed E-state index contributed by atoms with van der Waals surface area (Å²) < 4.78 is 14.2. The van der Waals surface area contributed by atoms with Gasteiger partial charge in [0.2, 0.25) is 11.8 Å². The van der Waals surface area contributed by atoms with Crippen LogP contribution in [0.2, 0.25) is 10.0 Å². The van der Waals surface area contributed by atoms with Crippen LogP contribution in [0.3, 0.4) is 0 Å². The monoisotopic (exact) mass is 438 g/mol. The lowest BCUT2D eigenvalue weighted by molar-refractivity contribution is -0.140. The van der Waals surface area contributed by atoms with Gasteiger partial charge in [-0.05, 0) is 44.0 Å². The van der Waals surface area contributed by atoms with Crippen molar-refractivity contribution in [2.24, 2.45) is 0 Å². The van der Waals surface area contributed by atoms with E-state index in [2.05, 4.69) is 5.32 Å². The summed E-state index contributed by atoms with van der Waals surface area (Å²) in [5, 5.41) is 3.55. The summed E-state index contributed by atoms with van der Waals surface area (Å²) in [7, 11) is 0. The maximum Gasteiger partial charge on any atom is 0.242 e. The Bertz CT molecular complexity index is 855. The molecule has 2 unspecified atom stereocenters. The molecular weight excluding hydrogens is 414 g/mol. The first-order valence-electron chi connectivity index (χ1n) is 9.50. The fraction of sp³-hybridized carbons (Fsp3) is 0.364. The van der Waals surface area contributed by atoms with Crippen LogP contribution in [0.1, 0.15) is 38.3 Å². The lowest BCUT2D eigenvalue weighted by Crippen LogP contribution is -2.50. The number of hydrogen-bond donors (Lipinski definition) is 1. The molecule has 0 radical (unpaired) electrons. The molecule has 7 heteroatoms. The predicted molar refractivity (Wildman–Crippen MR) is 114 cm³/mol. The molecule has 0 fully saturated rings. The van der Waals surface area contributed by atoms with Gasteiger partial charge < -0.3 is 10.2 Å². The van der Waals surface area contributed by atoms with Crippen LogP contribution in [-0.4, -0.2) is 28.8 Å². The first-order chi connectivity index (χ1) is 13.7. The zero-order chi connectivity index (χ0) is 21.6. The van der Waals surface area contributed by atoms with Crippen LogP contribution in [0.25, 0.3) is 0 Å². The van der Waals surface area contributed by atoms with E-state index in [-0.39, 0.29) is 35.5 Å². The molecule has 2 atom stereocenters. The molecule has 0 aromatic heterocycles. The second-order valence-electron chi connectivity index (χ2n) is 6.98. The molecule has 2 aromatic rings. The van der Waals surface area contributed by atoms with E-state index in [0.29, 0.717) is 10.6 Å². The smallest absolute Gasteiger partial charge is 0.242 e. The van der Waals surface area contributed by atoms with Gasteiger partial charge in [-0.15, -0.1) is 0 Å². The fourth-order valence-corrected chi connectivity index (χ4v) is 3.24. The molecule has 0 heterocycles. The van der Waals surface area contributed by atoms with Crippen LogP contribution in [0.5, 0.6) is 0 Å². The van der Waals surface area contributed by atoms with Gasteiger partial charge in [0.25, 0.3) is 0 Å². The number of carbonyl (C=O) groups is 2. The Morgan fingerprint density at radius 2 is 1.72 bits per heavy atom. The van der Waals surface area contributed by atoms with Crippen molar-refractivity contribution in [3.05, 3.63) is 69.5 Å². The number of benzene rings is 2. The zero-order valence-electron chi connectivity index (χ0n) is 16.7. The highest BCUT2D eigenvalue weighted by molar-refractivity contribution is 6.31. The largest absolute Gasteiger partial charge is 0.352 e. The van der Waals surface area contributed by atoms with Gasteiger partial charge >= 0.3 is 0 Å². The first kappa shape index (κ1) is 23.2. The number of amides is 2. The molecule has 0 aliphatic heterocycles. The number of nitrogens with one attached hydrogen (secondary N) is 1. The van der Waals surface area contributed by atoms with E-state index in [1.165, 1.54) is 23.1 Å². The number of hydrogen-bond acceptors (Lipinski definition) is 2. The van der Waals surface area contributed by atoms with Crippen molar-refractivity contribution in [2.45, 2.75) is 52.2 Å². The van der Waals surface area contributed by atoms with Crippen LogP contribution in [-0.2, 0) is 22.6 Å². The highest BCUT2D eigenvalue weighted by Crippen LogP contribution is 2.23. The van der Waals surface area contributed by atoms with Crippen LogP contribution >= 0.6 is 23.2 Å². The van der Waals surface area contributed by atoms with Crippen LogP contribution < -0.4 is 5.32 Å². The zero-order valence-corrected chi connectivity index (χ0v) is 18.2. The van der Waals surface area contributed by atoms with E-state index in [4.69, 9.17) is 23.2 Å². The average Bonchev–Trinajstić information content (AvgIpc) is 2.69. The van der Waals surface area contributed by atoms with E-state index >= 15 is 0 Å². The normalized spacial score (nSPS) is 12.9. The van der Waals surface area contributed by atoms with E-state index in [9.17, 15) is 14.0 Å². The van der Waals surface area contributed by atoms with Crippen LogP contribution in [0, 0.1) is 5.82 Å². The van der Waals surface area contributed by atoms with Gasteiger partial charge in [-0.2, -0.15) is 0 Å². The van der Waals surface area contributed by atoms with Gasteiger partial charge in [0.15, 0.2) is 0 Å². The highest BCUT2D eigenvalue weighted by atomic mass is 35.5. The first-order valence-corrected chi connectivity index (χ1v) is 10.3. The molecule has 0 bridgehead atoms. The van der Waals surface area contributed by atoms with Gasteiger partial charge in [0.05, 0.1) is 6.42 Å². The second kappa shape index (κ2) is 10.6. The third kappa shape index (κ3) is 6.18. The third-order valence-electron chi connectivity index (χ3n) is 4.86. The lowest BCUT2D eigenvalue weighted by Gasteiger charge is -2.30. The molecule has 0 aliphatic rings. The summed E-state index contributed by atoms with van der Waals surface area (Å²) in [6.07, 6.45) is 0.513. The van der Waals surface area contributed by atoms with E-state index in [0.717, 1.165) is 6.42 Å². The molecule has 1 N–H and O–H groups in total. The topological polar surface area (TPSA) is 49.4 Å². The SMILES string of the molecule is CCC(C)NC(=O)C(C)N(Cc1ccccc1Cl)C(=O)Cc1c(F)cccc1Cl. The Balaban J connectivity index is 2.31. The Hall–Kier alpha value is -2.11. The Labute approximate surface area is 181 Å². The quantitative estimate of drug-likeness (QED) is 0.629. The van der Waals surface area contributed by atoms with Crippen molar-refractivity contribution in [3.63, 3.8) is 0 Å². The van der Waals surface area contributed by atoms with E-state index in [1.807, 2.05) is 19.9 Å². The maximum atomic E-state index is 14.2. The van der Waals surface area contributed by atoms with Gasteiger partial charge in [-0.3, -0.25) is 9.59 Å². The molecule has 2 aromatic carbocycles. The van der Waals surface area contributed by atoms with Crippen molar-refractivity contribution >= 4 is 35.0 Å². The van der Waals surface area contributed by atoms with Crippen molar-refractivity contribution in [3.8, 4) is 0 Å². The predicted octanol–water partition coefficient (Wildman–Crippen LogP) is 5.01. The van der Waals surface area contributed by atoms with Crippen molar-refractivity contribution in [2.75, 3.05) is 0 Å². The summed E-state index contributed by atoms with van der Waals surface area (Å²) in [5.41, 5.74) is 0.809. The summed E-state index contributed by atoms with van der Waals surface area (Å²) in [5.74, 6) is -1.25. The Morgan fingerprint density at radius 3 is 2.34 bits per heavy atom. The fourth-order valence-electron chi connectivity index (χ4n) is 2.81. The van der Waals surface area contributed by atoms with Gasteiger partial charge in [-0.1, -0.05) is 54.4 Å². The second-order valence-corrected chi connectivity index (χ2v) is 7.80. The average molecular weight is 439 g/mol. The number of halogens is 3. The Kier molecular flexibility index (Phi) is 8.47. The van der Waals surface area contributed by atoms with E-state index in [1.54, 1.807) is 25.1 Å². The molecule has 0 saturated carbocycles.